The molecule has 0 radical (unpaired) electrons. The first-order valence-corrected chi connectivity index (χ1v) is 13.1. The molecule has 0 aliphatic carbocycles. The second-order valence-electron chi connectivity index (χ2n) is 11.4. The summed E-state index contributed by atoms with van der Waals surface area (Å²) in [6.07, 6.45) is 8.29. The molecule has 2 N–H and O–H groups in total. The molecular formula is C27H44N4O2. The lowest BCUT2D eigenvalue weighted by Gasteiger charge is -2.34. The zero-order chi connectivity index (χ0) is 23.3. The van der Waals surface area contributed by atoms with Crippen LogP contribution < -0.4 is 15.4 Å². The van der Waals surface area contributed by atoms with Crippen LogP contribution in [0.5, 0.6) is 5.75 Å². The Labute approximate surface area is 200 Å². The van der Waals surface area contributed by atoms with E-state index in [0.717, 1.165) is 49.5 Å². The molecule has 1 aromatic rings. The molecular weight excluding hydrogens is 412 g/mol. The molecule has 6 heteroatoms. The Kier molecular flexibility index (Phi) is 8.18. The normalized spacial score (nSPS) is 22.9. The molecule has 0 spiro atoms. The van der Waals surface area contributed by atoms with Gasteiger partial charge in [-0.2, -0.15) is 0 Å². The van der Waals surface area contributed by atoms with Gasteiger partial charge in [0.1, 0.15) is 11.8 Å². The molecule has 1 atom stereocenters. The summed E-state index contributed by atoms with van der Waals surface area (Å²) in [7, 11) is 0. The Morgan fingerprint density at radius 2 is 1.70 bits per heavy atom. The molecule has 1 amide bonds. The summed E-state index contributed by atoms with van der Waals surface area (Å²) in [6, 6.07) is 6.16. The number of carbonyl (C=O) groups excluding carboxylic acids is 1. The Balaban J connectivity index is 1.20. The molecule has 3 aliphatic heterocycles. The number of benzene rings is 1. The Morgan fingerprint density at radius 1 is 1.03 bits per heavy atom. The number of amides is 1. The number of anilines is 1. The number of fused-ring (bicyclic) bond motifs is 1. The van der Waals surface area contributed by atoms with Crippen molar-refractivity contribution in [3.05, 3.63) is 23.8 Å². The average Bonchev–Trinajstić information content (AvgIpc) is 3.06. The lowest BCUT2D eigenvalue weighted by atomic mass is 9.98. The van der Waals surface area contributed by atoms with Crippen LogP contribution in [0.3, 0.4) is 0 Å². The van der Waals surface area contributed by atoms with Crippen molar-refractivity contribution in [2.75, 3.05) is 51.2 Å². The van der Waals surface area contributed by atoms with Crippen LogP contribution in [0.4, 0.5) is 5.69 Å². The van der Waals surface area contributed by atoms with Crippen molar-refractivity contribution in [1.29, 1.82) is 0 Å². The monoisotopic (exact) mass is 456 g/mol. The number of piperidine rings is 1. The van der Waals surface area contributed by atoms with E-state index in [-0.39, 0.29) is 23.4 Å². The van der Waals surface area contributed by atoms with Crippen LogP contribution in [0.25, 0.3) is 0 Å². The summed E-state index contributed by atoms with van der Waals surface area (Å²) in [6.45, 7) is 14.2. The molecule has 6 nitrogen and oxygen atoms in total. The Bertz CT molecular complexity index is 775. The van der Waals surface area contributed by atoms with Gasteiger partial charge < -0.3 is 25.2 Å². The minimum absolute atomic E-state index is 0.105. The number of nitrogens with zero attached hydrogens (tertiary/aromatic N) is 2. The molecule has 33 heavy (non-hydrogen) atoms. The van der Waals surface area contributed by atoms with Gasteiger partial charge in [-0.25, -0.2) is 0 Å². The van der Waals surface area contributed by atoms with E-state index < -0.39 is 0 Å². The predicted octanol–water partition coefficient (Wildman–Crippen LogP) is 3.90. The summed E-state index contributed by atoms with van der Waals surface area (Å²) in [5.74, 6) is 1.03. The second kappa shape index (κ2) is 11.1. The third-order valence-electron chi connectivity index (χ3n) is 7.21. The molecule has 1 aromatic carbocycles. The third-order valence-corrected chi connectivity index (χ3v) is 7.21. The number of ether oxygens (including phenoxy) is 1. The number of carbonyl (C=O) groups is 1. The highest BCUT2D eigenvalue weighted by molar-refractivity contribution is 5.88. The molecule has 0 saturated carbocycles. The maximum Gasteiger partial charge on any atom is 0.243 e. The molecule has 184 valence electrons. The van der Waals surface area contributed by atoms with Crippen molar-refractivity contribution in [1.82, 2.24) is 15.1 Å². The maximum absolute atomic E-state index is 13.0. The zero-order valence-electron chi connectivity index (χ0n) is 21.0. The van der Waals surface area contributed by atoms with Gasteiger partial charge in [0.2, 0.25) is 5.91 Å². The number of likely N-dealkylation sites (tertiary alicyclic amines) is 2. The molecule has 0 bridgehead atoms. The Morgan fingerprint density at radius 3 is 2.36 bits per heavy atom. The van der Waals surface area contributed by atoms with Crippen LogP contribution in [0.2, 0.25) is 0 Å². The van der Waals surface area contributed by atoms with Crippen molar-refractivity contribution in [2.45, 2.75) is 77.8 Å². The summed E-state index contributed by atoms with van der Waals surface area (Å²) in [5, 5.41) is 6.75. The minimum atomic E-state index is -0.208. The number of rotatable bonds is 7. The van der Waals surface area contributed by atoms with Crippen LogP contribution in [0.1, 0.15) is 64.9 Å². The van der Waals surface area contributed by atoms with Crippen LogP contribution in [0, 0.1) is 5.41 Å². The van der Waals surface area contributed by atoms with E-state index in [1.165, 1.54) is 45.3 Å². The standard InChI is InChI=1S/C27H44N4O2/c1-27(2,3)20-33-25-10-8-9-23-22(25)19-24(29-23)26(32)28-21-11-15-31(16-12-21)18-17-30-13-6-4-5-7-14-30/h8-10,21,24,29H,4-7,11-20H2,1-3H3,(H,28,32). The van der Waals surface area contributed by atoms with Crippen molar-refractivity contribution in [3.63, 3.8) is 0 Å². The fourth-order valence-electron chi connectivity index (χ4n) is 5.19. The second-order valence-corrected chi connectivity index (χ2v) is 11.4. The van der Waals surface area contributed by atoms with Crippen molar-refractivity contribution < 1.29 is 9.53 Å². The van der Waals surface area contributed by atoms with Gasteiger partial charge in [-0.3, -0.25) is 4.79 Å². The van der Waals surface area contributed by atoms with E-state index in [4.69, 9.17) is 4.74 Å². The highest BCUT2D eigenvalue weighted by atomic mass is 16.5. The summed E-state index contributed by atoms with van der Waals surface area (Å²) >= 11 is 0. The first kappa shape index (κ1) is 24.3. The first-order chi connectivity index (χ1) is 15.9. The van der Waals surface area contributed by atoms with Crippen molar-refractivity contribution >= 4 is 11.6 Å². The van der Waals surface area contributed by atoms with Gasteiger partial charge in [0.25, 0.3) is 0 Å². The summed E-state index contributed by atoms with van der Waals surface area (Å²) in [4.78, 5) is 18.2. The average molecular weight is 457 g/mol. The highest BCUT2D eigenvalue weighted by Gasteiger charge is 2.31. The van der Waals surface area contributed by atoms with Gasteiger partial charge in [0.05, 0.1) is 6.61 Å². The summed E-state index contributed by atoms with van der Waals surface area (Å²) in [5.41, 5.74) is 2.27. The van der Waals surface area contributed by atoms with E-state index in [1.54, 1.807) is 0 Å². The number of nitrogens with one attached hydrogen (secondary N) is 2. The van der Waals surface area contributed by atoms with E-state index in [0.29, 0.717) is 13.0 Å². The van der Waals surface area contributed by atoms with Crippen molar-refractivity contribution in [2.24, 2.45) is 5.41 Å². The van der Waals surface area contributed by atoms with Gasteiger partial charge in [-0.15, -0.1) is 0 Å². The lowest BCUT2D eigenvalue weighted by Crippen LogP contribution is -2.49. The quantitative estimate of drug-likeness (QED) is 0.652. The SMILES string of the molecule is CC(C)(C)COc1cccc2c1CC(C(=O)NC1CCN(CCN3CCCCCC3)CC1)N2. The Hall–Kier alpha value is -1.79. The predicted molar refractivity (Wildman–Crippen MR) is 135 cm³/mol. The van der Waals surface area contributed by atoms with Gasteiger partial charge in [-0.05, 0) is 56.3 Å². The van der Waals surface area contributed by atoms with Crippen LogP contribution in [-0.2, 0) is 11.2 Å². The smallest absolute Gasteiger partial charge is 0.243 e. The van der Waals surface area contributed by atoms with E-state index in [9.17, 15) is 4.79 Å². The molecule has 0 aromatic heterocycles. The van der Waals surface area contributed by atoms with E-state index in [2.05, 4.69) is 47.3 Å². The van der Waals surface area contributed by atoms with Crippen molar-refractivity contribution in [3.8, 4) is 5.75 Å². The highest BCUT2D eigenvalue weighted by Crippen LogP contribution is 2.34. The lowest BCUT2D eigenvalue weighted by molar-refractivity contribution is -0.122. The summed E-state index contributed by atoms with van der Waals surface area (Å²) < 4.78 is 6.10. The van der Waals surface area contributed by atoms with Gasteiger partial charge in [0.15, 0.2) is 0 Å². The molecule has 2 fully saturated rings. The number of hydrogen-bond acceptors (Lipinski definition) is 5. The minimum Gasteiger partial charge on any atom is -0.493 e. The van der Waals surface area contributed by atoms with Gasteiger partial charge in [-0.1, -0.05) is 39.7 Å². The maximum atomic E-state index is 13.0. The fourth-order valence-corrected chi connectivity index (χ4v) is 5.19. The van der Waals surface area contributed by atoms with Crippen LogP contribution in [-0.4, -0.2) is 73.7 Å². The van der Waals surface area contributed by atoms with Gasteiger partial charge in [0, 0.05) is 49.9 Å². The van der Waals surface area contributed by atoms with Crippen LogP contribution in [0.15, 0.2) is 18.2 Å². The molecule has 4 rings (SSSR count). The first-order valence-electron chi connectivity index (χ1n) is 13.1. The van der Waals surface area contributed by atoms with E-state index in [1.807, 2.05) is 12.1 Å². The van der Waals surface area contributed by atoms with Crippen LogP contribution >= 0.6 is 0 Å². The molecule has 1 unspecified atom stereocenters. The molecule has 3 heterocycles. The zero-order valence-corrected chi connectivity index (χ0v) is 21.0. The fraction of sp³-hybridized carbons (Fsp3) is 0.741. The molecule has 3 aliphatic rings. The topological polar surface area (TPSA) is 56.8 Å². The van der Waals surface area contributed by atoms with Gasteiger partial charge >= 0.3 is 0 Å². The molecule has 2 saturated heterocycles. The third kappa shape index (κ3) is 7.10. The van der Waals surface area contributed by atoms with E-state index >= 15 is 0 Å². The largest absolute Gasteiger partial charge is 0.493 e. The number of hydrogen-bond donors (Lipinski definition) is 2.